The number of alkyl halides is 5. The quantitative estimate of drug-likeness (QED) is 0.458. The van der Waals surface area contributed by atoms with E-state index in [1.54, 1.807) is 0 Å². The monoisotopic (exact) mass is 373 g/mol. The first kappa shape index (κ1) is 21.5. The molecule has 0 radical (unpaired) electrons. The summed E-state index contributed by atoms with van der Waals surface area (Å²) in [5, 5.41) is 0. The van der Waals surface area contributed by atoms with E-state index in [2.05, 4.69) is 9.98 Å². The predicted octanol–water partition coefficient (Wildman–Crippen LogP) is 5.14. The van der Waals surface area contributed by atoms with Crippen LogP contribution in [0.3, 0.4) is 0 Å². The number of aromatic nitrogens is 1. The minimum atomic E-state index is -4.50. The fourth-order valence-electron chi connectivity index (χ4n) is 1.91. The largest absolute Gasteiger partial charge is 0.416 e. The van der Waals surface area contributed by atoms with Gasteiger partial charge in [0, 0.05) is 18.7 Å². The molecule has 0 aliphatic carbocycles. The molecular weight excluding hydrogens is 353 g/mol. The molecule has 142 valence electrons. The van der Waals surface area contributed by atoms with Crippen LogP contribution in [0.15, 0.2) is 47.6 Å². The molecule has 0 saturated heterocycles. The number of nitrogens with two attached hydrogens (primary N) is 1. The Morgan fingerprint density at radius 1 is 1.00 bits per heavy atom. The van der Waals surface area contributed by atoms with Gasteiger partial charge in [-0.1, -0.05) is 38.1 Å². The Hall–Kier alpha value is -2.51. The van der Waals surface area contributed by atoms with Crippen LogP contribution in [0.2, 0.25) is 0 Å². The van der Waals surface area contributed by atoms with Crippen molar-refractivity contribution in [2.45, 2.75) is 39.4 Å². The van der Waals surface area contributed by atoms with Crippen LogP contribution in [0.1, 0.15) is 43.2 Å². The lowest BCUT2D eigenvalue weighted by Crippen LogP contribution is -2.17. The summed E-state index contributed by atoms with van der Waals surface area (Å²) in [6, 6.07) is 7.10. The first-order valence-electron chi connectivity index (χ1n) is 7.88. The van der Waals surface area contributed by atoms with E-state index in [-0.39, 0.29) is 23.6 Å². The highest BCUT2D eigenvalue weighted by Gasteiger charge is 2.31. The van der Waals surface area contributed by atoms with Gasteiger partial charge in [0.1, 0.15) is 11.5 Å². The van der Waals surface area contributed by atoms with Gasteiger partial charge in [0.15, 0.2) is 0 Å². The summed E-state index contributed by atoms with van der Waals surface area (Å²) in [5.41, 5.74) is 5.14. The average molecular weight is 373 g/mol. The Labute approximate surface area is 148 Å². The van der Waals surface area contributed by atoms with Gasteiger partial charge in [0.05, 0.1) is 12.1 Å². The minimum Gasteiger partial charge on any atom is -0.382 e. The molecule has 1 aromatic heterocycles. The Kier molecular flexibility index (Phi) is 7.23. The first-order chi connectivity index (χ1) is 12.1. The Bertz CT molecular complexity index is 732. The predicted molar refractivity (Wildman–Crippen MR) is 91.0 cm³/mol. The molecule has 0 aliphatic heterocycles. The maximum atomic E-state index is 13.1. The van der Waals surface area contributed by atoms with Crippen LogP contribution >= 0.6 is 0 Å². The first-order valence-corrected chi connectivity index (χ1v) is 7.88. The molecule has 0 unspecified atom stereocenters. The summed E-state index contributed by atoms with van der Waals surface area (Å²) >= 11 is 0. The second-order valence-corrected chi connectivity index (χ2v) is 5.21. The molecule has 0 bridgehead atoms. The number of pyridine rings is 1. The highest BCUT2D eigenvalue weighted by Crippen LogP contribution is 2.29. The molecule has 2 rings (SSSR count). The number of aliphatic imine (C=N–C) groups is 1. The maximum Gasteiger partial charge on any atom is 0.416 e. The molecule has 8 heteroatoms. The van der Waals surface area contributed by atoms with Crippen molar-refractivity contribution in [3.63, 3.8) is 0 Å². The molecule has 0 aliphatic rings. The van der Waals surface area contributed by atoms with Crippen molar-refractivity contribution in [2.24, 2.45) is 10.7 Å². The van der Waals surface area contributed by atoms with Crippen molar-refractivity contribution in [3.05, 3.63) is 65.0 Å². The zero-order chi connectivity index (χ0) is 20.0. The fraction of sp³-hybridized carbons (Fsp3) is 0.333. The molecule has 0 atom stereocenters. The molecule has 0 spiro atoms. The molecule has 1 heterocycles. The van der Waals surface area contributed by atoms with E-state index >= 15 is 0 Å². The van der Waals surface area contributed by atoms with Gasteiger partial charge in [-0.3, -0.25) is 9.98 Å². The van der Waals surface area contributed by atoms with Crippen LogP contribution in [0.4, 0.5) is 22.0 Å². The van der Waals surface area contributed by atoms with Gasteiger partial charge in [-0.2, -0.15) is 13.2 Å². The van der Waals surface area contributed by atoms with E-state index in [0.717, 1.165) is 25.3 Å². The molecule has 3 nitrogen and oxygen atoms in total. The molecule has 1 aromatic carbocycles. The van der Waals surface area contributed by atoms with Crippen LogP contribution in [-0.4, -0.2) is 10.8 Å². The standard InChI is InChI=1S/C16H14F5N3.C2H6/c1-15(17,18)11-4-2-10(3-5-11)9-24-14(22)13-8-12(6-7-23-13)16(19,20)21;1-2/h2-8H,9H2,1H3,(H2,22,24);1-2H3. The van der Waals surface area contributed by atoms with E-state index in [9.17, 15) is 22.0 Å². The van der Waals surface area contributed by atoms with Gasteiger partial charge in [0.2, 0.25) is 0 Å². The number of amidine groups is 1. The van der Waals surface area contributed by atoms with Crippen molar-refractivity contribution in [3.8, 4) is 0 Å². The lowest BCUT2D eigenvalue weighted by molar-refractivity contribution is -0.137. The lowest BCUT2D eigenvalue weighted by atomic mass is 10.1. The van der Waals surface area contributed by atoms with Crippen LogP contribution in [0, 0.1) is 0 Å². The second-order valence-electron chi connectivity index (χ2n) is 5.21. The topological polar surface area (TPSA) is 51.3 Å². The van der Waals surface area contributed by atoms with Crippen molar-refractivity contribution in [1.29, 1.82) is 0 Å². The van der Waals surface area contributed by atoms with E-state index in [1.807, 2.05) is 13.8 Å². The second kappa shape index (κ2) is 8.73. The number of halogens is 5. The van der Waals surface area contributed by atoms with E-state index in [4.69, 9.17) is 5.73 Å². The van der Waals surface area contributed by atoms with E-state index in [1.165, 1.54) is 24.3 Å². The van der Waals surface area contributed by atoms with E-state index in [0.29, 0.717) is 5.56 Å². The summed E-state index contributed by atoms with van der Waals surface area (Å²) in [7, 11) is 0. The van der Waals surface area contributed by atoms with Crippen molar-refractivity contribution >= 4 is 5.84 Å². The van der Waals surface area contributed by atoms with Gasteiger partial charge in [-0.15, -0.1) is 0 Å². The zero-order valence-corrected chi connectivity index (χ0v) is 14.6. The van der Waals surface area contributed by atoms with Crippen LogP contribution in [0.5, 0.6) is 0 Å². The van der Waals surface area contributed by atoms with Crippen LogP contribution in [0.25, 0.3) is 0 Å². The normalized spacial score (nSPS) is 12.4. The van der Waals surface area contributed by atoms with Gasteiger partial charge in [0.25, 0.3) is 5.92 Å². The third-order valence-electron chi connectivity index (χ3n) is 3.24. The van der Waals surface area contributed by atoms with E-state index < -0.39 is 17.7 Å². The van der Waals surface area contributed by atoms with Gasteiger partial charge >= 0.3 is 6.18 Å². The van der Waals surface area contributed by atoms with Crippen LogP contribution in [-0.2, 0) is 18.6 Å². The van der Waals surface area contributed by atoms with Gasteiger partial charge in [-0.05, 0) is 17.7 Å². The smallest absolute Gasteiger partial charge is 0.382 e. The van der Waals surface area contributed by atoms with Crippen molar-refractivity contribution < 1.29 is 22.0 Å². The molecular formula is C18H20F5N3. The Balaban J connectivity index is 0.00000163. The Morgan fingerprint density at radius 3 is 2.08 bits per heavy atom. The number of rotatable bonds is 4. The highest BCUT2D eigenvalue weighted by molar-refractivity contribution is 5.95. The highest BCUT2D eigenvalue weighted by atomic mass is 19.4. The summed E-state index contributed by atoms with van der Waals surface area (Å²) in [6.07, 6.45) is -3.50. The van der Waals surface area contributed by atoms with Crippen LogP contribution < -0.4 is 5.73 Å². The van der Waals surface area contributed by atoms with Crippen molar-refractivity contribution in [2.75, 3.05) is 0 Å². The Morgan fingerprint density at radius 2 is 1.58 bits per heavy atom. The molecule has 2 aromatic rings. The van der Waals surface area contributed by atoms with Crippen molar-refractivity contribution in [1.82, 2.24) is 4.98 Å². The maximum absolute atomic E-state index is 13.1. The lowest BCUT2D eigenvalue weighted by Gasteiger charge is -2.10. The molecule has 0 amide bonds. The third-order valence-corrected chi connectivity index (χ3v) is 3.24. The fourth-order valence-corrected chi connectivity index (χ4v) is 1.91. The number of hydrogen-bond donors (Lipinski definition) is 1. The molecule has 2 N–H and O–H groups in total. The molecule has 0 saturated carbocycles. The SMILES string of the molecule is CC.CC(F)(F)c1ccc(CN=C(N)c2cc(C(F)(F)F)ccn2)cc1. The summed E-state index contributed by atoms with van der Waals surface area (Å²) in [5.74, 6) is -3.10. The molecule has 26 heavy (non-hydrogen) atoms. The summed E-state index contributed by atoms with van der Waals surface area (Å²) < 4.78 is 64.2. The number of hydrogen-bond acceptors (Lipinski definition) is 2. The van der Waals surface area contributed by atoms with Gasteiger partial charge in [-0.25, -0.2) is 8.78 Å². The average Bonchev–Trinajstić information content (AvgIpc) is 2.60. The third kappa shape index (κ3) is 6.09. The molecule has 0 fully saturated rings. The summed E-state index contributed by atoms with van der Waals surface area (Å²) in [4.78, 5) is 7.71. The number of nitrogens with zero attached hydrogens (tertiary/aromatic N) is 2. The zero-order valence-electron chi connectivity index (χ0n) is 14.6. The minimum absolute atomic E-state index is 0.0410. The summed E-state index contributed by atoms with van der Waals surface area (Å²) in [6.45, 7) is 4.83. The van der Waals surface area contributed by atoms with Gasteiger partial charge < -0.3 is 5.73 Å². The number of benzene rings is 1.